The van der Waals surface area contributed by atoms with Gasteiger partial charge < -0.3 is 24.2 Å². The Bertz CT molecular complexity index is 1030. The fraction of sp³-hybridized carbons (Fsp3) is 0.417. The molecule has 1 amide bonds. The minimum Gasteiger partial charge on any atom is -0.507 e. The highest BCUT2D eigenvalue weighted by Crippen LogP contribution is 2.44. The Kier molecular flexibility index (Phi) is 7.58. The number of carbonyl (C=O) groups excluding carboxylic acids is 2. The van der Waals surface area contributed by atoms with Gasteiger partial charge in [0.25, 0.3) is 11.7 Å². The first-order chi connectivity index (χ1) is 15.3. The van der Waals surface area contributed by atoms with Crippen LogP contribution >= 0.6 is 11.3 Å². The molecule has 1 aliphatic rings. The van der Waals surface area contributed by atoms with E-state index in [-0.39, 0.29) is 17.4 Å². The van der Waals surface area contributed by atoms with Crippen molar-refractivity contribution in [2.24, 2.45) is 0 Å². The summed E-state index contributed by atoms with van der Waals surface area (Å²) in [4.78, 5) is 28.5. The van der Waals surface area contributed by atoms with Gasteiger partial charge in [-0.15, -0.1) is 11.3 Å². The van der Waals surface area contributed by atoms with Crippen LogP contribution in [0.5, 0.6) is 11.5 Å². The van der Waals surface area contributed by atoms with E-state index in [0.717, 1.165) is 10.4 Å². The molecule has 1 atom stereocenters. The predicted octanol–water partition coefficient (Wildman–Crippen LogP) is 4.31. The number of hydrogen-bond donors (Lipinski definition) is 1. The maximum Gasteiger partial charge on any atom is 0.295 e. The van der Waals surface area contributed by atoms with Crippen molar-refractivity contribution < 1.29 is 28.9 Å². The normalized spacial score (nSPS) is 17.9. The molecule has 0 spiro atoms. The lowest BCUT2D eigenvalue weighted by molar-refractivity contribution is -0.140. The van der Waals surface area contributed by atoms with Crippen molar-refractivity contribution in [1.82, 2.24) is 4.90 Å². The first kappa shape index (κ1) is 23.8. The van der Waals surface area contributed by atoms with Crippen LogP contribution < -0.4 is 9.47 Å². The molecule has 1 unspecified atom stereocenters. The average Bonchev–Trinajstić information content (AvgIpc) is 3.30. The topological polar surface area (TPSA) is 85.3 Å². The molecule has 1 fully saturated rings. The molecular weight excluding hydrogens is 430 g/mol. The fourth-order valence-electron chi connectivity index (χ4n) is 3.74. The quantitative estimate of drug-likeness (QED) is 0.260. The van der Waals surface area contributed by atoms with Crippen molar-refractivity contribution in [2.75, 3.05) is 27.4 Å². The van der Waals surface area contributed by atoms with Crippen LogP contribution in [0.4, 0.5) is 0 Å². The zero-order valence-electron chi connectivity index (χ0n) is 19.0. The summed E-state index contributed by atoms with van der Waals surface area (Å²) in [5, 5.41) is 13.2. The highest BCUT2D eigenvalue weighted by Gasteiger charge is 2.47. The van der Waals surface area contributed by atoms with Crippen LogP contribution in [0.1, 0.15) is 42.3 Å². The third-order valence-electron chi connectivity index (χ3n) is 5.35. The van der Waals surface area contributed by atoms with Crippen molar-refractivity contribution in [2.45, 2.75) is 39.3 Å². The second-order valence-electron chi connectivity index (χ2n) is 7.80. The zero-order valence-corrected chi connectivity index (χ0v) is 19.8. The number of hydrogen-bond acceptors (Lipinski definition) is 7. The van der Waals surface area contributed by atoms with E-state index in [9.17, 15) is 14.7 Å². The second kappa shape index (κ2) is 10.2. The van der Waals surface area contributed by atoms with Crippen LogP contribution in [0.2, 0.25) is 0 Å². The van der Waals surface area contributed by atoms with Gasteiger partial charge in [0.2, 0.25) is 0 Å². The minimum absolute atomic E-state index is 0.0637. The van der Waals surface area contributed by atoms with Crippen LogP contribution in [-0.2, 0) is 14.3 Å². The van der Waals surface area contributed by atoms with Gasteiger partial charge in [0.05, 0.1) is 37.5 Å². The van der Waals surface area contributed by atoms with Gasteiger partial charge >= 0.3 is 0 Å². The molecule has 0 radical (unpaired) electrons. The molecule has 32 heavy (non-hydrogen) atoms. The van der Waals surface area contributed by atoms with E-state index in [1.807, 2.05) is 32.2 Å². The molecule has 8 heteroatoms. The summed E-state index contributed by atoms with van der Waals surface area (Å²) in [6.45, 7) is 6.65. The molecule has 172 valence electrons. The third kappa shape index (κ3) is 4.66. The van der Waals surface area contributed by atoms with E-state index in [2.05, 4.69) is 0 Å². The van der Waals surface area contributed by atoms with Crippen molar-refractivity contribution >= 4 is 28.8 Å². The van der Waals surface area contributed by atoms with Gasteiger partial charge in [-0.3, -0.25) is 9.59 Å². The number of ether oxygens (including phenoxy) is 3. The number of carbonyl (C=O) groups is 2. The van der Waals surface area contributed by atoms with Gasteiger partial charge in [-0.25, -0.2) is 0 Å². The zero-order chi connectivity index (χ0) is 23.4. The summed E-state index contributed by atoms with van der Waals surface area (Å²) in [5.74, 6) is -0.694. The van der Waals surface area contributed by atoms with E-state index >= 15 is 0 Å². The molecule has 0 aliphatic carbocycles. The molecule has 0 saturated carbocycles. The van der Waals surface area contributed by atoms with Crippen LogP contribution in [0.15, 0.2) is 35.2 Å². The summed E-state index contributed by atoms with van der Waals surface area (Å²) in [5.41, 5.74) is 1.35. The Hall–Kier alpha value is -2.84. The maximum absolute atomic E-state index is 13.1. The molecule has 1 aromatic carbocycles. The number of aryl methyl sites for hydroxylation is 1. The third-order valence-corrected chi connectivity index (χ3v) is 6.42. The number of Topliss-reactive ketones (excluding diaryl/α,β-unsaturated/α-hetero) is 1. The van der Waals surface area contributed by atoms with Crippen LogP contribution in [-0.4, -0.2) is 55.2 Å². The maximum atomic E-state index is 13.1. The van der Waals surface area contributed by atoms with E-state index in [0.29, 0.717) is 36.6 Å². The first-order valence-electron chi connectivity index (χ1n) is 10.5. The Morgan fingerprint density at radius 3 is 2.53 bits per heavy atom. The standard InChI is InChI=1S/C24H29NO6S/c1-14(2)31-11-6-10-25-20(23-15(3)9-12-32-23)19(22(27)24(25)28)21(26)17-8-7-16(29-4)13-18(17)30-5/h7-9,12-14,20,26H,6,10-11H2,1-5H3/b21-19+. The molecular formula is C24H29NO6S. The molecule has 1 saturated heterocycles. The van der Waals surface area contributed by atoms with Gasteiger partial charge in [-0.1, -0.05) is 0 Å². The number of aliphatic hydroxyl groups excluding tert-OH is 1. The van der Waals surface area contributed by atoms with E-state index < -0.39 is 17.7 Å². The molecule has 2 heterocycles. The Labute approximate surface area is 192 Å². The monoisotopic (exact) mass is 459 g/mol. The summed E-state index contributed by atoms with van der Waals surface area (Å²) < 4.78 is 16.2. The van der Waals surface area contributed by atoms with Gasteiger partial charge in [-0.2, -0.15) is 0 Å². The summed E-state index contributed by atoms with van der Waals surface area (Å²) in [7, 11) is 3.00. The lowest BCUT2D eigenvalue weighted by Gasteiger charge is -2.25. The van der Waals surface area contributed by atoms with Gasteiger partial charge in [0, 0.05) is 24.1 Å². The number of nitrogens with zero attached hydrogens (tertiary/aromatic N) is 1. The van der Waals surface area contributed by atoms with Gasteiger partial charge in [0.1, 0.15) is 17.3 Å². The highest BCUT2D eigenvalue weighted by atomic mass is 32.1. The number of methoxy groups -OCH3 is 2. The van der Waals surface area contributed by atoms with Gasteiger partial charge in [-0.05, 0) is 56.3 Å². The van der Waals surface area contributed by atoms with Crippen LogP contribution in [0.3, 0.4) is 0 Å². The van der Waals surface area contributed by atoms with Crippen molar-refractivity contribution in [3.05, 3.63) is 51.2 Å². The Morgan fingerprint density at radius 2 is 1.94 bits per heavy atom. The van der Waals surface area contributed by atoms with Crippen molar-refractivity contribution in [3.8, 4) is 11.5 Å². The molecule has 0 bridgehead atoms. The first-order valence-corrected chi connectivity index (χ1v) is 11.3. The van der Waals surface area contributed by atoms with E-state index in [1.165, 1.54) is 30.5 Å². The van der Waals surface area contributed by atoms with Crippen LogP contribution in [0.25, 0.3) is 5.76 Å². The Morgan fingerprint density at radius 1 is 1.19 bits per heavy atom. The number of thiophene rings is 1. The molecule has 3 rings (SSSR count). The van der Waals surface area contributed by atoms with Crippen LogP contribution in [0, 0.1) is 6.92 Å². The number of rotatable bonds is 9. The van der Waals surface area contributed by atoms with E-state index in [4.69, 9.17) is 14.2 Å². The van der Waals surface area contributed by atoms with E-state index in [1.54, 1.807) is 18.2 Å². The summed E-state index contributed by atoms with van der Waals surface area (Å²) in [6, 6.07) is 6.19. The minimum atomic E-state index is -0.706. The summed E-state index contributed by atoms with van der Waals surface area (Å²) >= 11 is 1.46. The molecule has 7 nitrogen and oxygen atoms in total. The molecule has 2 aromatic rings. The fourth-order valence-corrected chi connectivity index (χ4v) is 4.79. The predicted molar refractivity (Wildman–Crippen MR) is 123 cm³/mol. The molecule has 1 N–H and O–H groups in total. The van der Waals surface area contributed by atoms with Crippen molar-refractivity contribution in [3.63, 3.8) is 0 Å². The smallest absolute Gasteiger partial charge is 0.295 e. The summed E-state index contributed by atoms with van der Waals surface area (Å²) in [6.07, 6.45) is 0.668. The average molecular weight is 460 g/mol. The number of benzene rings is 1. The highest BCUT2D eigenvalue weighted by molar-refractivity contribution is 7.10. The van der Waals surface area contributed by atoms with Crippen molar-refractivity contribution in [1.29, 1.82) is 0 Å². The second-order valence-corrected chi connectivity index (χ2v) is 8.75. The number of ketones is 1. The number of aliphatic hydroxyl groups is 1. The van der Waals surface area contributed by atoms with Gasteiger partial charge in [0.15, 0.2) is 0 Å². The lowest BCUT2D eigenvalue weighted by atomic mass is 9.98. The number of likely N-dealkylation sites (tertiary alicyclic amines) is 1. The lowest BCUT2D eigenvalue weighted by Crippen LogP contribution is -2.31. The molecule has 1 aromatic heterocycles. The number of amides is 1. The SMILES string of the molecule is COc1ccc(/C(O)=C2\C(=O)C(=O)N(CCCOC(C)C)C2c2sccc2C)c(OC)c1. The molecule has 1 aliphatic heterocycles. The Balaban J connectivity index is 2.07. The largest absolute Gasteiger partial charge is 0.507 e.